The second-order valence-electron chi connectivity index (χ2n) is 3.42. The van der Waals surface area contributed by atoms with Crippen LogP contribution in [0.5, 0.6) is 0 Å². The van der Waals surface area contributed by atoms with Crippen molar-refractivity contribution >= 4 is 17.9 Å². The summed E-state index contributed by atoms with van der Waals surface area (Å²) < 4.78 is 0. The minimum Gasteiger partial charge on any atom is -0.480 e. The third-order valence-electron chi connectivity index (χ3n) is 1.84. The monoisotopic (exact) mass is 265 g/mol. The van der Waals surface area contributed by atoms with Gasteiger partial charge in [-0.2, -0.15) is 0 Å². The number of rotatable bonds is 7. The van der Waals surface area contributed by atoms with Crippen molar-refractivity contribution in [2.75, 3.05) is 6.54 Å². The van der Waals surface area contributed by atoms with Crippen molar-refractivity contribution in [3.8, 4) is 0 Å². The topological polar surface area (TPSA) is 190 Å². The minimum atomic E-state index is -1.08. The number of hydrogen-bond donors (Lipinski definition) is 6. The molecule has 9 nitrogen and oxygen atoms in total. The van der Waals surface area contributed by atoms with E-state index in [-0.39, 0.29) is 19.4 Å². The lowest BCUT2D eigenvalue weighted by molar-refractivity contribution is -0.139. The van der Waals surface area contributed by atoms with Crippen LogP contribution in [0.1, 0.15) is 19.3 Å². The molecule has 9 heteroatoms. The lowest BCUT2D eigenvalue weighted by Crippen LogP contribution is -2.33. The maximum atomic E-state index is 10.2. The van der Waals surface area contributed by atoms with Crippen LogP contribution in [-0.4, -0.2) is 51.9 Å². The molecular weight excluding hydrogens is 246 g/mol. The summed E-state index contributed by atoms with van der Waals surface area (Å²) in [7, 11) is 0. The van der Waals surface area contributed by atoms with Gasteiger partial charge in [-0.05, 0) is 19.3 Å². The number of aliphatic carboxylic acids is 3. The first-order chi connectivity index (χ1) is 8.22. The molecule has 0 aliphatic heterocycles. The zero-order chi connectivity index (χ0) is 14.7. The van der Waals surface area contributed by atoms with E-state index >= 15 is 0 Å². The van der Waals surface area contributed by atoms with Crippen LogP contribution < -0.4 is 17.2 Å². The summed E-state index contributed by atoms with van der Waals surface area (Å²) in [6.45, 7) is -0.278. The summed E-state index contributed by atoms with van der Waals surface area (Å²) in [6, 6.07) is -1.86. The summed E-state index contributed by atoms with van der Waals surface area (Å²) in [5.41, 5.74) is 15.0. The number of hydrogen-bond acceptors (Lipinski definition) is 6. The molecule has 0 rings (SSSR count). The quantitative estimate of drug-likeness (QED) is 0.302. The van der Waals surface area contributed by atoms with E-state index in [0.29, 0.717) is 6.42 Å². The molecule has 0 spiro atoms. The highest BCUT2D eigenvalue weighted by atomic mass is 16.4. The zero-order valence-corrected chi connectivity index (χ0v) is 9.78. The molecule has 18 heavy (non-hydrogen) atoms. The van der Waals surface area contributed by atoms with Crippen molar-refractivity contribution < 1.29 is 29.7 Å². The molecule has 0 fully saturated rings. The first-order valence-corrected chi connectivity index (χ1v) is 5.11. The fourth-order valence-electron chi connectivity index (χ4n) is 0.805. The molecule has 0 radical (unpaired) electrons. The predicted molar refractivity (Wildman–Crippen MR) is 61.8 cm³/mol. The van der Waals surface area contributed by atoms with Crippen molar-refractivity contribution in [2.45, 2.75) is 31.3 Å². The summed E-state index contributed by atoms with van der Waals surface area (Å²) in [5.74, 6) is -3.13. The molecular formula is C9H19N3O6. The van der Waals surface area contributed by atoms with Gasteiger partial charge in [0.05, 0.1) is 6.54 Å². The van der Waals surface area contributed by atoms with E-state index in [1.54, 1.807) is 0 Å². The van der Waals surface area contributed by atoms with E-state index in [1.807, 2.05) is 0 Å². The standard InChI is InChI=1S/C7H14N2O4.C2H5NO2/c8-4(6(10)11)2-1-3-5(9)7(12)13;3-1-2(4)5/h4-5H,1-3,8-9H2,(H,10,11)(H,12,13);1,3H2,(H,4,5)/t4-,5+;. The molecule has 0 aliphatic carbocycles. The van der Waals surface area contributed by atoms with Gasteiger partial charge in [-0.25, -0.2) is 0 Å². The van der Waals surface area contributed by atoms with E-state index in [9.17, 15) is 14.4 Å². The molecule has 106 valence electrons. The largest absolute Gasteiger partial charge is 0.480 e. The molecule has 0 aromatic carbocycles. The highest BCUT2D eigenvalue weighted by Crippen LogP contribution is 2.01. The van der Waals surface area contributed by atoms with Crippen LogP contribution in [0.25, 0.3) is 0 Å². The maximum absolute atomic E-state index is 10.2. The van der Waals surface area contributed by atoms with Gasteiger partial charge in [-0.1, -0.05) is 0 Å². The number of carboxylic acid groups (broad SMARTS) is 3. The molecule has 0 bridgehead atoms. The highest BCUT2D eigenvalue weighted by molar-refractivity contribution is 5.73. The molecule has 0 heterocycles. The average molecular weight is 265 g/mol. The molecule has 0 saturated heterocycles. The third kappa shape index (κ3) is 12.4. The van der Waals surface area contributed by atoms with Gasteiger partial charge in [0, 0.05) is 0 Å². The van der Waals surface area contributed by atoms with Gasteiger partial charge < -0.3 is 32.5 Å². The fraction of sp³-hybridized carbons (Fsp3) is 0.667. The zero-order valence-electron chi connectivity index (χ0n) is 9.78. The molecule has 9 N–H and O–H groups in total. The molecule has 0 aromatic rings. The van der Waals surface area contributed by atoms with Crippen molar-refractivity contribution in [1.82, 2.24) is 0 Å². The molecule has 0 unspecified atom stereocenters. The average Bonchev–Trinajstić information content (AvgIpc) is 2.28. The van der Waals surface area contributed by atoms with Crippen LogP contribution in [-0.2, 0) is 14.4 Å². The highest BCUT2D eigenvalue weighted by Gasteiger charge is 2.14. The second kappa shape index (κ2) is 10.4. The van der Waals surface area contributed by atoms with Crippen LogP contribution in [0.4, 0.5) is 0 Å². The van der Waals surface area contributed by atoms with Crippen LogP contribution >= 0.6 is 0 Å². The maximum Gasteiger partial charge on any atom is 0.320 e. The van der Waals surface area contributed by atoms with Gasteiger partial charge in [0.25, 0.3) is 0 Å². The van der Waals surface area contributed by atoms with Gasteiger partial charge >= 0.3 is 17.9 Å². The molecule has 0 aliphatic rings. The summed E-state index contributed by atoms with van der Waals surface area (Å²) in [6.07, 6.45) is 0.896. The molecule has 0 saturated carbocycles. The Kier molecular flexibility index (Phi) is 10.8. The van der Waals surface area contributed by atoms with Gasteiger partial charge in [-0.3, -0.25) is 14.4 Å². The Bertz CT molecular complexity index is 263. The Hall–Kier alpha value is -1.71. The Morgan fingerprint density at radius 1 is 0.889 bits per heavy atom. The number of carbonyl (C=O) groups is 3. The summed E-state index contributed by atoms with van der Waals surface area (Å²) >= 11 is 0. The fourth-order valence-corrected chi connectivity index (χ4v) is 0.805. The SMILES string of the molecule is NCC(=O)O.N[C@H](CCC[C@H](N)C(=O)O)C(=O)O. The normalized spacial score (nSPS) is 12.8. The summed E-state index contributed by atoms with van der Waals surface area (Å²) in [4.78, 5) is 29.7. The Balaban J connectivity index is 0. The molecule has 0 amide bonds. The van der Waals surface area contributed by atoms with Crippen molar-refractivity contribution in [2.24, 2.45) is 17.2 Å². The van der Waals surface area contributed by atoms with E-state index in [0.717, 1.165) is 0 Å². The van der Waals surface area contributed by atoms with E-state index in [4.69, 9.17) is 26.8 Å². The lowest BCUT2D eigenvalue weighted by atomic mass is 10.1. The lowest BCUT2D eigenvalue weighted by Gasteiger charge is -2.07. The van der Waals surface area contributed by atoms with Crippen molar-refractivity contribution in [3.63, 3.8) is 0 Å². The van der Waals surface area contributed by atoms with Gasteiger partial charge in [0.15, 0.2) is 0 Å². The van der Waals surface area contributed by atoms with Gasteiger partial charge in [0.1, 0.15) is 12.1 Å². The predicted octanol–water partition coefficient (Wildman–Crippen LogP) is -1.99. The Morgan fingerprint density at radius 3 is 1.33 bits per heavy atom. The third-order valence-corrected chi connectivity index (χ3v) is 1.84. The first-order valence-electron chi connectivity index (χ1n) is 5.11. The summed E-state index contributed by atoms with van der Waals surface area (Å²) in [5, 5.41) is 24.4. The molecule has 0 aromatic heterocycles. The van der Waals surface area contributed by atoms with Crippen LogP contribution in [0.15, 0.2) is 0 Å². The van der Waals surface area contributed by atoms with E-state index in [2.05, 4.69) is 5.73 Å². The Labute approximate surface area is 104 Å². The van der Waals surface area contributed by atoms with Gasteiger partial charge in [0.2, 0.25) is 0 Å². The number of carboxylic acids is 3. The van der Waals surface area contributed by atoms with Crippen molar-refractivity contribution in [1.29, 1.82) is 0 Å². The Morgan fingerprint density at radius 2 is 1.17 bits per heavy atom. The van der Waals surface area contributed by atoms with E-state index in [1.165, 1.54) is 0 Å². The van der Waals surface area contributed by atoms with Crippen LogP contribution in [0.2, 0.25) is 0 Å². The van der Waals surface area contributed by atoms with Crippen molar-refractivity contribution in [3.05, 3.63) is 0 Å². The van der Waals surface area contributed by atoms with Crippen LogP contribution in [0.3, 0.4) is 0 Å². The number of nitrogens with two attached hydrogens (primary N) is 3. The smallest absolute Gasteiger partial charge is 0.320 e. The minimum absolute atomic E-state index is 0.246. The second-order valence-corrected chi connectivity index (χ2v) is 3.42. The molecule has 2 atom stereocenters. The van der Waals surface area contributed by atoms with Gasteiger partial charge in [-0.15, -0.1) is 0 Å². The first kappa shape index (κ1) is 18.6. The van der Waals surface area contributed by atoms with E-state index < -0.39 is 30.0 Å². The van der Waals surface area contributed by atoms with Crippen LogP contribution in [0, 0.1) is 0 Å².